The molecule has 19 heavy (non-hydrogen) atoms. The molecule has 8 heteroatoms. The summed E-state index contributed by atoms with van der Waals surface area (Å²) in [5, 5.41) is 0. The lowest BCUT2D eigenvalue weighted by Gasteiger charge is -2.07. The van der Waals surface area contributed by atoms with Crippen molar-refractivity contribution in [3.05, 3.63) is 36.5 Å². The number of methoxy groups -OCH3 is 1. The van der Waals surface area contributed by atoms with Gasteiger partial charge in [0.05, 0.1) is 12.0 Å². The van der Waals surface area contributed by atoms with Crippen LogP contribution in [0.3, 0.4) is 0 Å². The van der Waals surface area contributed by atoms with Crippen molar-refractivity contribution in [3.8, 4) is 5.88 Å². The molecule has 0 fully saturated rings. The zero-order valence-electron chi connectivity index (χ0n) is 10.1. The molecule has 0 unspecified atom stereocenters. The molecular formula is C11H12N4O3S. The Morgan fingerprint density at radius 1 is 1.21 bits per heavy atom. The average Bonchev–Trinajstić information content (AvgIpc) is 2.39. The number of aromatic nitrogens is 2. The van der Waals surface area contributed by atoms with Crippen LogP contribution in [-0.2, 0) is 10.0 Å². The highest BCUT2D eigenvalue weighted by atomic mass is 32.2. The predicted molar refractivity (Wildman–Crippen MR) is 70.2 cm³/mol. The Kier molecular flexibility index (Phi) is 3.52. The third-order valence-corrected chi connectivity index (χ3v) is 3.60. The number of nitrogens with one attached hydrogen (secondary N) is 1. The van der Waals surface area contributed by atoms with E-state index in [0.29, 0.717) is 5.69 Å². The summed E-state index contributed by atoms with van der Waals surface area (Å²) < 4.78 is 31.2. The molecule has 1 aromatic carbocycles. The van der Waals surface area contributed by atoms with E-state index in [0.717, 1.165) is 0 Å². The first-order valence-corrected chi connectivity index (χ1v) is 6.75. The Hall–Kier alpha value is -2.35. The van der Waals surface area contributed by atoms with Crippen LogP contribution in [-0.4, -0.2) is 25.5 Å². The minimum atomic E-state index is -3.74. The molecule has 2 aromatic rings. The van der Waals surface area contributed by atoms with Crippen molar-refractivity contribution in [1.82, 2.24) is 9.97 Å². The first kappa shape index (κ1) is 13.1. The molecule has 0 saturated heterocycles. The van der Waals surface area contributed by atoms with E-state index in [-0.39, 0.29) is 16.7 Å². The fraction of sp³-hybridized carbons (Fsp3) is 0.0909. The third-order valence-electron chi connectivity index (χ3n) is 2.26. The van der Waals surface area contributed by atoms with E-state index in [1.54, 1.807) is 0 Å². The molecule has 7 nitrogen and oxygen atoms in total. The second-order valence-electron chi connectivity index (χ2n) is 3.60. The summed E-state index contributed by atoms with van der Waals surface area (Å²) in [5.41, 5.74) is 5.99. The SMILES string of the molecule is COc1ccnc(NS(=O)(=O)c2ccc(N)cc2)n1. The number of rotatable bonds is 4. The van der Waals surface area contributed by atoms with E-state index < -0.39 is 10.0 Å². The van der Waals surface area contributed by atoms with Gasteiger partial charge in [-0.15, -0.1) is 0 Å². The largest absolute Gasteiger partial charge is 0.481 e. The minimum Gasteiger partial charge on any atom is -0.481 e. The van der Waals surface area contributed by atoms with Crippen LogP contribution >= 0.6 is 0 Å². The van der Waals surface area contributed by atoms with Gasteiger partial charge in [0.1, 0.15) is 0 Å². The van der Waals surface area contributed by atoms with Gasteiger partial charge in [0.2, 0.25) is 11.8 Å². The molecule has 0 amide bonds. The lowest BCUT2D eigenvalue weighted by molar-refractivity contribution is 0.397. The van der Waals surface area contributed by atoms with Crippen molar-refractivity contribution in [2.45, 2.75) is 4.90 Å². The molecule has 0 saturated carbocycles. The molecule has 0 bridgehead atoms. The number of nitrogens with zero attached hydrogens (tertiary/aromatic N) is 2. The summed E-state index contributed by atoms with van der Waals surface area (Å²) in [7, 11) is -2.31. The average molecular weight is 280 g/mol. The van der Waals surface area contributed by atoms with Gasteiger partial charge in [-0.2, -0.15) is 4.98 Å². The fourth-order valence-corrected chi connectivity index (χ4v) is 2.28. The number of anilines is 2. The number of benzene rings is 1. The van der Waals surface area contributed by atoms with Gasteiger partial charge in [0.15, 0.2) is 0 Å². The highest BCUT2D eigenvalue weighted by Crippen LogP contribution is 2.16. The van der Waals surface area contributed by atoms with Crippen LogP contribution in [0.2, 0.25) is 0 Å². The summed E-state index contributed by atoms with van der Waals surface area (Å²) in [5.74, 6) is 0.209. The third kappa shape index (κ3) is 3.10. The van der Waals surface area contributed by atoms with Crippen LogP contribution in [0.5, 0.6) is 5.88 Å². The number of hydrogen-bond donors (Lipinski definition) is 2. The van der Waals surface area contributed by atoms with Crippen molar-refractivity contribution in [2.24, 2.45) is 0 Å². The van der Waals surface area contributed by atoms with E-state index >= 15 is 0 Å². The molecule has 0 radical (unpaired) electrons. The standard InChI is InChI=1S/C11H12N4O3S/c1-18-10-6-7-13-11(14-10)15-19(16,17)9-4-2-8(12)3-5-9/h2-7H,12H2,1H3,(H,13,14,15). The van der Waals surface area contributed by atoms with E-state index in [9.17, 15) is 8.42 Å². The number of ether oxygens (including phenoxy) is 1. The molecule has 100 valence electrons. The second-order valence-corrected chi connectivity index (χ2v) is 5.28. The summed E-state index contributed by atoms with van der Waals surface area (Å²) >= 11 is 0. The van der Waals surface area contributed by atoms with Gasteiger partial charge in [-0.3, -0.25) is 0 Å². The maximum Gasteiger partial charge on any atom is 0.264 e. The molecule has 0 spiro atoms. The highest BCUT2D eigenvalue weighted by Gasteiger charge is 2.15. The maximum atomic E-state index is 12.0. The quantitative estimate of drug-likeness (QED) is 0.805. The topological polar surface area (TPSA) is 107 Å². The van der Waals surface area contributed by atoms with Crippen LogP contribution in [0.15, 0.2) is 41.4 Å². The Morgan fingerprint density at radius 2 is 1.89 bits per heavy atom. The first-order chi connectivity index (χ1) is 9.01. The van der Waals surface area contributed by atoms with E-state index in [1.165, 1.54) is 43.6 Å². The monoisotopic (exact) mass is 280 g/mol. The van der Waals surface area contributed by atoms with Gasteiger partial charge >= 0.3 is 0 Å². The summed E-state index contributed by atoms with van der Waals surface area (Å²) in [6, 6.07) is 7.32. The lowest BCUT2D eigenvalue weighted by atomic mass is 10.3. The molecule has 2 rings (SSSR count). The van der Waals surface area contributed by atoms with Gasteiger partial charge in [-0.1, -0.05) is 0 Å². The van der Waals surface area contributed by atoms with Crippen LogP contribution in [0.1, 0.15) is 0 Å². The normalized spacial score (nSPS) is 11.0. The van der Waals surface area contributed by atoms with Gasteiger partial charge in [-0.05, 0) is 24.3 Å². The van der Waals surface area contributed by atoms with Gasteiger partial charge in [0, 0.05) is 18.0 Å². The van der Waals surface area contributed by atoms with Crippen molar-refractivity contribution in [2.75, 3.05) is 17.6 Å². The predicted octanol–water partition coefficient (Wildman–Crippen LogP) is 0.868. The fourth-order valence-electron chi connectivity index (χ4n) is 1.33. The Morgan fingerprint density at radius 3 is 2.53 bits per heavy atom. The maximum absolute atomic E-state index is 12.0. The molecule has 3 N–H and O–H groups in total. The highest BCUT2D eigenvalue weighted by molar-refractivity contribution is 7.92. The van der Waals surface area contributed by atoms with Gasteiger partial charge < -0.3 is 10.5 Å². The number of hydrogen-bond acceptors (Lipinski definition) is 6. The molecule has 0 aliphatic carbocycles. The van der Waals surface area contributed by atoms with Crippen molar-refractivity contribution >= 4 is 21.7 Å². The van der Waals surface area contributed by atoms with Crippen LogP contribution < -0.4 is 15.2 Å². The van der Waals surface area contributed by atoms with Crippen molar-refractivity contribution in [3.63, 3.8) is 0 Å². The summed E-state index contributed by atoms with van der Waals surface area (Å²) in [4.78, 5) is 7.76. The van der Waals surface area contributed by atoms with Crippen LogP contribution in [0.4, 0.5) is 11.6 Å². The molecule has 0 aliphatic rings. The molecule has 0 atom stereocenters. The number of nitrogen functional groups attached to an aromatic ring is 1. The summed E-state index contributed by atoms with van der Waals surface area (Å²) in [6.07, 6.45) is 1.40. The van der Waals surface area contributed by atoms with Crippen LogP contribution in [0, 0.1) is 0 Å². The zero-order chi connectivity index (χ0) is 13.9. The second kappa shape index (κ2) is 5.11. The molecule has 1 aromatic heterocycles. The first-order valence-electron chi connectivity index (χ1n) is 5.27. The summed E-state index contributed by atoms with van der Waals surface area (Å²) in [6.45, 7) is 0. The molecular weight excluding hydrogens is 268 g/mol. The number of sulfonamides is 1. The molecule has 0 aliphatic heterocycles. The van der Waals surface area contributed by atoms with Crippen molar-refractivity contribution in [1.29, 1.82) is 0 Å². The van der Waals surface area contributed by atoms with E-state index in [2.05, 4.69) is 14.7 Å². The van der Waals surface area contributed by atoms with E-state index in [4.69, 9.17) is 10.5 Å². The number of nitrogens with two attached hydrogens (primary N) is 1. The Balaban J connectivity index is 2.28. The molecule has 1 heterocycles. The Labute approximate surface area is 110 Å². The van der Waals surface area contributed by atoms with Crippen molar-refractivity contribution < 1.29 is 13.2 Å². The van der Waals surface area contributed by atoms with E-state index in [1.807, 2.05) is 0 Å². The van der Waals surface area contributed by atoms with Crippen LogP contribution in [0.25, 0.3) is 0 Å². The zero-order valence-corrected chi connectivity index (χ0v) is 10.9. The Bertz CT molecular complexity index is 671. The lowest BCUT2D eigenvalue weighted by Crippen LogP contribution is -2.15. The van der Waals surface area contributed by atoms with Gasteiger partial charge in [-0.25, -0.2) is 18.1 Å². The van der Waals surface area contributed by atoms with Gasteiger partial charge in [0.25, 0.3) is 10.0 Å². The smallest absolute Gasteiger partial charge is 0.264 e. The minimum absolute atomic E-state index is 0.0591.